The summed E-state index contributed by atoms with van der Waals surface area (Å²) < 4.78 is 26.7. The number of carbonyl (C=O) groups excluding carboxylic acids is 3. The van der Waals surface area contributed by atoms with Gasteiger partial charge in [-0.1, -0.05) is 12.1 Å². The molecule has 9 heteroatoms. The zero-order chi connectivity index (χ0) is 25.9. The van der Waals surface area contributed by atoms with Crippen LogP contribution in [-0.2, 0) is 19.1 Å². The largest absolute Gasteiger partial charge is 0.493 e. The second-order valence-corrected chi connectivity index (χ2v) is 8.67. The van der Waals surface area contributed by atoms with Crippen LogP contribution in [0.25, 0.3) is 11.1 Å². The molecule has 186 valence electrons. The van der Waals surface area contributed by atoms with Crippen LogP contribution in [0.3, 0.4) is 0 Å². The van der Waals surface area contributed by atoms with Crippen LogP contribution in [0.1, 0.15) is 31.9 Å². The number of nitrogens with zero attached hydrogens (tertiary/aromatic N) is 1. The van der Waals surface area contributed by atoms with Crippen molar-refractivity contribution in [3.8, 4) is 23.0 Å². The van der Waals surface area contributed by atoms with Gasteiger partial charge < -0.3 is 23.7 Å². The normalized spacial score (nSPS) is 13.7. The lowest BCUT2D eigenvalue weighted by Gasteiger charge is -2.22. The van der Waals surface area contributed by atoms with Gasteiger partial charge in [-0.25, -0.2) is 0 Å². The number of hydrogen-bond acceptors (Lipinski definition) is 8. The number of rotatable bonds is 8. The molecule has 0 spiro atoms. The molecule has 2 amide bonds. The van der Waals surface area contributed by atoms with Crippen LogP contribution in [0.4, 0.5) is 0 Å². The van der Waals surface area contributed by atoms with Gasteiger partial charge in [0.15, 0.2) is 23.0 Å². The highest BCUT2D eigenvalue weighted by atomic mass is 16.6. The molecule has 35 heavy (non-hydrogen) atoms. The maximum Gasteiger partial charge on any atom is 0.326 e. The fourth-order valence-electron chi connectivity index (χ4n) is 3.74. The van der Waals surface area contributed by atoms with Crippen LogP contribution in [0, 0.1) is 0 Å². The highest BCUT2D eigenvalue weighted by Gasteiger charge is 2.41. The molecule has 0 N–H and O–H groups in total. The summed E-state index contributed by atoms with van der Waals surface area (Å²) in [5.74, 6) is -0.251. The summed E-state index contributed by atoms with van der Waals surface area (Å²) >= 11 is 0. The third-order valence-electron chi connectivity index (χ3n) is 5.22. The third kappa shape index (κ3) is 5.24. The quantitative estimate of drug-likeness (QED) is 0.416. The van der Waals surface area contributed by atoms with Crippen molar-refractivity contribution in [3.05, 3.63) is 47.5 Å². The summed E-state index contributed by atoms with van der Waals surface area (Å²) in [4.78, 5) is 40.5. The van der Waals surface area contributed by atoms with E-state index in [-0.39, 0.29) is 11.1 Å². The molecule has 0 atom stereocenters. The van der Waals surface area contributed by atoms with Crippen molar-refractivity contribution in [2.24, 2.45) is 0 Å². The van der Waals surface area contributed by atoms with Crippen molar-refractivity contribution in [1.82, 2.24) is 4.90 Å². The van der Waals surface area contributed by atoms with Gasteiger partial charge in [0.1, 0.15) is 12.1 Å². The van der Waals surface area contributed by atoms with Crippen molar-refractivity contribution < 1.29 is 38.1 Å². The molecule has 0 fully saturated rings. The number of imide groups is 1. The standard InChI is InChI=1S/C26H29NO8/c1-26(2,3)35-21(28)14-27-24(29)22(15-8-10-17(31-4)19(12-15)33-6)23(25(27)30)16-9-11-18(32-5)20(13-16)34-7/h8-13H,14H2,1-7H3. The van der Waals surface area contributed by atoms with Crippen LogP contribution >= 0.6 is 0 Å². The van der Waals surface area contributed by atoms with E-state index in [2.05, 4.69) is 0 Å². The summed E-state index contributed by atoms with van der Waals surface area (Å²) in [6, 6.07) is 9.80. The number of carbonyl (C=O) groups is 3. The maximum atomic E-state index is 13.5. The van der Waals surface area contributed by atoms with E-state index < -0.39 is 29.9 Å². The first-order valence-corrected chi connectivity index (χ1v) is 10.8. The molecule has 9 nitrogen and oxygen atoms in total. The van der Waals surface area contributed by atoms with E-state index in [0.717, 1.165) is 4.90 Å². The Labute approximate surface area is 204 Å². The summed E-state index contributed by atoms with van der Waals surface area (Å²) in [6.07, 6.45) is 0. The summed E-state index contributed by atoms with van der Waals surface area (Å²) in [5.41, 5.74) is 0.322. The fourth-order valence-corrected chi connectivity index (χ4v) is 3.74. The molecule has 2 aromatic rings. The highest BCUT2D eigenvalue weighted by molar-refractivity contribution is 6.49. The fraction of sp³-hybridized carbons (Fsp3) is 0.346. The van der Waals surface area contributed by atoms with Crippen molar-refractivity contribution >= 4 is 28.9 Å². The first-order valence-electron chi connectivity index (χ1n) is 10.8. The maximum absolute atomic E-state index is 13.5. The van der Waals surface area contributed by atoms with E-state index in [4.69, 9.17) is 23.7 Å². The molecule has 0 aromatic heterocycles. The van der Waals surface area contributed by atoms with Gasteiger partial charge in [0.2, 0.25) is 0 Å². The molecule has 0 saturated carbocycles. The van der Waals surface area contributed by atoms with Crippen LogP contribution in [0.2, 0.25) is 0 Å². The molecular weight excluding hydrogens is 454 g/mol. The molecule has 2 aromatic carbocycles. The van der Waals surface area contributed by atoms with Gasteiger partial charge in [0, 0.05) is 0 Å². The lowest BCUT2D eigenvalue weighted by atomic mass is 9.95. The minimum Gasteiger partial charge on any atom is -0.493 e. The first kappa shape index (κ1) is 25.6. The van der Waals surface area contributed by atoms with Crippen molar-refractivity contribution in [2.75, 3.05) is 35.0 Å². The highest BCUT2D eigenvalue weighted by Crippen LogP contribution is 2.41. The number of esters is 1. The summed E-state index contributed by atoms with van der Waals surface area (Å²) in [6.45, 7) is 4.60. The Morgan fingerprint density at radius 2 is 1.11 bits per heavy atom. The summed E-state index contributed by atoms with van der Waals surface area (Å²) in [7, 11) is 5.95. The Balaban J connectivity index is 2.16. The Kier molecular flexibility index (Phi) is 7.38. The Bertz CT molecular complexity index is 1110. The molecule has 0 unspecified atom stereocenters. The van der Waals surface area contributed by atoms with Gasteiger partial charge in [-0.15, -0.1) is 0 Å². The zero-order valence-electron chi connectivity index (χ0n) is 20.9. The lowest BCUT2D eigenvalue weighted by molar-refractivity contribution is -0.160. The number of amides is 2. The number of ether oxygens (including phenoxy) is 5. The minimum atomic E-state index is -0.769. The Hall–Kier alpha value is -4.01. The van der Waals surface area contributed by atoms with E-state index >= 15 is 0 Å². The molecule has 1 heterocycles. The Morgan fingerprint density at radius 3 is 1.46 bits per heavy atom. The molecule has 0 radical (unpaired) electrons. The smallest absolute Gasteiger partial charge is 0.326 e. The van der Waals surface area contributed by atoms with E-state index in [1.54, 1.807) is 57.2 Å². The van der Waals surface area contributed by atoms with Gasteiger partial charge in [-0.05, 0) is 56.2 Å². The van der Waals surface area contributed by atoms with Crippen molar-refractivity contribution in [2.45, 2.75) is 26.4 Å². The van der Waals surface area contributed by atoms with Gasteiger partial charge in [-0.3, -0.25) is 19.3 Å². The van der Waals surface area contributed by atoms with E-state index in [1.807, 2.05) is 0 Å². The van der Waals surface area contributed by atoms with Crippen molar-refractivity contribution in [3.63, 3.8) is 0 Å². The summed E-state index contributed by atoms with van der Waals surface area (Å²) in [5, 5.41) is 0. The molecular formula is C26H29NO8. The molecule has 0 saturated heterocycles. The SMILES string of the molecule is COc1ccc(C2=C(c3ccc(OC)c(OC)c3)C(=O)N(CC(=O)OC(C)(C)C)C2=O)cc1OC. The first-order chi connectivity index (χ1) is 16.5. The van der Waals surface area contributed by atoms with Gasteiger partial charge in [-0.2, -0.15) is 0 Å². The number of hydrogen-bond donors (Lipinski definition) is 0. The number of benzene rings is 2. The molecule has 0 aliphatic carbocycles. The predicted octanol–water partition coefficient (Wildman–Crippen LogP) is 3.34. The van der Waals surface area contributed by atoms with E-state index in [9.17, 15) is 14.4 Å². The number of methoxy groups -OCH3 is 4. The average molecular weight is 484 g/mol. The predicted molar refractivity (Wildman–Crippen MR) is 128 cm³/mol. The molecule has 0 bridgehead atoms. The monoisotopic (exact) mass is 483 g/mol. The van der Waals surface area contributed by atoms with Crippen LogP contribution in [0.5, 0.6) is 23.0 Å². The lowest BCUT2D eigenvalue weighted by Crippen LogP contribution is -2.39. The van der Waals surface area contributed by atoms with Crippen LogP contribution < -0.4 is 18.9 Å². The minimum absolute atomic E-state index is 0.117. The zero-order valence-corrected chi connectivity index (χ0v) is 20.9. The van der Waals surface area contributed by atoms with Crippen molar-refractivity contribution in [1.29, 1.82) is 0 Å². The van der Waals surface area contributed by atoms with E-state index in [0.29, 0.717) is 34.1 Å². The molecule has 3 rings (SSSR count). The molecule has 1 aliphatic rings. The topological polar surface area (TPSA) is 101 Å². The van der Waals surface area contributed by atoms with Gasteiger partial charge >= 0.3 is 5.97 Å². The van der Waals surface area contributed by atoms with Gasteiger partial charge in [0.05, 0.1) is 39.6 Å². The second-order valence-electron chi connectivity index (χ2n) is 8.67. The average Bonchev–Trinajstić information content (AvgIpc) is 3.06. The van der Waals surface area contributed by atoms with Gasteiger partial charge in [0.25, 0.3) is 11.8 Å². The second kappa shape index (κ2) is 10.1. The van der Waals surface area contributed by atoms with E-state index in [1.165, 1.54) is 28.4 Å². The van der Waals surface area contributed by atoms with Crippen LogP contribution in [0.15, 0.2) is 36.4 Å². The van der Waals surface area contributed by atoms with Crippen LogP contribution in [-0.4, -0.2) is 63.3 Å². The Morgan fingerprint density at radius 1 is 0.714 bits per heavy atom. The molecule has 1 aliphatic heterocycles. The third-order valence-corrected chi connectivity index (χ3v) is 5.22.